The number of rotatable bonds is 5. The zero-order valence-electron chi connectivity index (χ0n) is 17.4. The molecular weight excluding hydrogens is 419 g/mol. The lowest BCUT2D eigenvalue weighted by Gasteiger charge is -2.26. The molecule has 2 atom stereocenters. The molecule has 2 saturated heterocycles. The SMILES string of the molecule is CCOCC(=O)N1C[C@@H](C)[C@@]2(CCN(Cc3cccnc3)C2=O)C1.O=C(O)C(F)(F)F. The predicted molar refractivity (Wildman–Crippen MR) is 103 cm³/mol. The summed E-state index contributed by atoms with van der Waals surface area (Å²) in [6.07, 6.45) is -0.738. The molecule has 3 rings (SSSR count). The number of carbonyl (C=O) groups excluding carboxylic acids is 2. The number of likely N-dealkylation sites (tertiary alicyclic amines) is 2. The van der Waals surface area contributed by atoms with Crippen molar-refractivity contribution < 1.29 is 37.4 Å². The van der Waals surface area contributed by atoms with Crippen LogP contribution in [0.1, 0.15) is 25.8 Å². The molecule has 0 aliphatic carbocycles. The third kappa shape index (κ3) is 5.93. The summed E-state index contributed by atoms with van der Waals surface area (Å²) in [5, 5.41) is 7.12. The summed E-state index contributed by atoms with van der Waals surface area (Å²) >= 11 is 0. The Labute approximate surface area is 178 Å². The monoisotopic (exact) mass is 445 g/mol. The number of halogens is 3. The van der Waals surface area contributed by atoms with E-state index in [1.165, 1.54) is 0 Å². The largest absolute Gasteiger partial charge is 0.490 e. The molecule has 2 aliphatic heterocycles. The van der Waals surface area contributed by atoms with Gasteiger partial charge in [-0.2, -0.15) is 13.2 Å². The second-order valence-electron chi connectivity index (χ2n) is 7.61. The van der Waals surface area contributed by atoms with Crippen LogP contribution in [0.15, 0.2) is 24.5 Å². The average molecular weight is 445 g/mol. The standard InChI is InChI=1S/C18H25N3O3.C2HF3O2/c1-3-24-12-16(22)21-10-14(2)18(13-21)6-8-20(17(18)23)11-15-5-4-7-19-9-15;3-2(4,5)1(6)7/h4-5,7,9,14H,3,6,8,10-13H2,1-2H3;(H,6,7)/t14-,18-;/m1./s1. The van der Waals surface area contributed by atoms with E-state index in [0.29, 0.717) is 26.2 Å². The van der Waals surface area contributed by atoms with E-state index in [4.69, 9.17) is 14.6 Å². The van der Waals surface area contributed by atoms with E-state index in [2.05, 4.69) is 11.9 Å². The number of nitrogens with zero attached hydrogens (tertiary/aromatic N) is 3. The maximum absolute atomic E-state index is 13.1. The van der Waals surface area contributed by atoms with Gasteiger partial charge in [0.25, 0.3) is 0 Å². The molecule has 0 aromatic carbocycles. The molecule has 2 aliphatic rings. The van der Waals surface area contributed by atoms with Crippen molar-refractivity contribution in [1.82, 2.24) is 14.8 Å². The minimum absolute atomic E-state index is 0.0147. The summed E-state index contributed by atoms with van der Waals surface area (Å²) in [6, 6.07) is 3.87. The van der Waals surface area contributed by atoms with Crippen molar-refractivity contribution in [3.8, 4) is 0 Å². The topological polar surface area (TPSA) is 100 Å². The van der Waals surface area contributed by atoms with E-state index in [1.54, 1.807) is 17.3 Å². The van der Waals surface area contributed by atoms with E-state index in [-0.39, 0.29) is 24.3 Å². The maximum Gasteiger partial charge on any atom is 0.490 e. The lowest BCUT2D eigenvalue weighted by molar-refractivity contribution is -0.192. The normalized spacial score (nSPS) is 23.1. The Bertz CT molecular complexity index is 790. The van der Waals surface area contributed by atoms with Crippen LogP contribution in [0, 0.1) is 11.3 Å². The quantitative estimate of drug-likeness (QED) is 0.744. The van der Waals surface area contributed by atoms with Crippen LogP contribution >= 0.6 is 0 Å². The van der Waals surface area contributed by atoms with Gasteiger partial charge in [-0.05, 0) is 30.9 Å². The van der Waals surface area contributed by atoms with Gasteiger partial charge in [0.05, 0.1) is 5.41 Å². The van der Waals surface area contributed by atoms with Crippen molar-refractivity contribution in [3.63, 3.8) is 0 Å². The maximum atomic E-state index is 13.1. The Morgan fingerprint density at radius 3 is 2.61 bits per heavy atom. The third-order valence-corrected chi connectivity index (χ3v) is 5.57. The molecule has 1 N–H and O–H groups in total. The molecule has 0 saturated carbocycles. The number of aliphatic carboxylic acids is 1. The Hall–Kier alpha value is -2.69. The first-order chi connectivity index (χ1) is 14.5. The van der Waals surface area contributed by atoms with Crippen LogP contribution < -0.4 is 0 Å². The Morgan fingerprint density at radius 1 is 1.39 bits per heavy atom. The number of hydrogen-bond donors (Lipinski definition) is 1. The molecule has 1 aromatic heterocycles. The number of carboxylic acid groups (broad SMARTS) is 1. The van der Waals surface area contributed by atoms with Crippen molar-refractivity contribution in [2.75, 3.05) is 32.8 Å². The minimum Gasteiger partial charge on any atom is -0.475 e. The number of carboxylic acids is 1. The van der Waals surface area contributed by atoms with Gasteiger partial charge in [0, 0.05) is 45.2 Å². The molecule has 0 bridgehead atoms. The van der Waals surface area contributed by atoms with E-state index in [0.717, 1.165) is 18.5 Å². The van der Waals surface area contributed by atoms with Crippen molar-refractivity contribution >= 4 is 17.8 Å². The number of amides is 2. The molecule has 11 heteroatoms. The summed E-state index contributed by atoms with van der Waals surface area (Å²) in [4.78, 5) is 42.0. The molecule has 3 heterocycles. The first-order valence-electron chi connectivity index (χ1n) is 9.85. The molecule has 8 nitrogen and oxygen atoms in total. The number of pyridine rings is 1. The van der Waals surface area contributed by atoms with Crippen LogP contribution in [0.4, 0.5) is 13.2 Å². The average Bonchev–Trinajstić information content (AvgIpc) is 3.22. The van der Waals surface area contributed by atoms with Crippen LogP contribution in [0.3, 0.4) is 0 Å². The molecule has 1 aromatic rings. The summed E-state index contributed by atoms with van der Waals surface area (Å²) in [5.41, 5.74) is 0.613. The van der Waals surface area contributed by atoms with Gasteiger partial charge in [0.15, 0.2) is 0 Å². The first-order valence-corrected chi connectivity index (χ1v) is 9.85. The van der Waals surface area contributed by atoms with Crippen LogP contribution in [-0.4, -0.2) is 76.7 Å². The second-order valence-corrected chi connectivity index (χ2v) is 7.61. The lowest BCUT2D eigenvalue weighted by Crippen LogP contribution is -2.40. The van der Waals surface area contributed by atoms with Gasteiger partial charge in [-0.25, -0.2) is 4.79 Å². The Balaban J connectivity index is 0.000000423. The molecule has 172 valence electrons. The first kappa shape index (κ1) is 24.6. The fraction of sp³-hybridized carbons (Fsp3) is 0.600. The van der Waals surface area contributed by atoms with Crippen molar-refractivity contribution in [2.24, 2.45) is 11.3 Å². The molecule has 1 spiro atoms. The van der Waals surface area contributed by atoms with Crippen LogP contribution in [0.25, 0.3) is 0 Å². The number of alkyl halides is 3. The molecule has 2 amide bonds. The van der Waals surface area contributed by atoms with Gasteiger partial charge in [0.2, 0.25) is 11.8 Å². The molecule has 0 radical (unpaired) electrons. The zero-order chi connectivity index (χ0) is 23.2. The molecule has 0 unspecified atom stereocenters. The second kappa shape index (κ2) is 10.1. The summed E-state index contributed by atoms with van der Waals surface area (Å²) < 4.78 is 37.0. The van der Waals surface area contributed by atoms with Crippen molar-refractivity contribution in [1.29, 1.82) is 0 Å². The van der Waals surface area contributed by atoms with E-state index < -0.39 is 17.6 Å². The van der Waals surface area contributed by atoms with E-state index in [1.807, 2.05) is 24.0 Å². The summed E-state index contributed by atoms with van der Waals surface area (Å²) in [5.74, 6) is -2.42. The molecular formula is C20H26F3N3O5. The molecule has 31 heavy (non-hydrogen) atoms. The minimum atomic E-state index is -5.08. The highest BCUT2D eigenvalue weighted by molar-refractivity contribution is 5.87. The Kier molecular flexibility index (Phi) is 7.99. The van der Waals surface area contributed by atoms with Gasteiger partial charge in [0.1, 0.15) is 6.61 Å². The van der Waals surface area contributed by atoms with E-state index >= 15 is 0 Å². The van der Waals surface area contributed by atoms with Gasteiger partial charge < -0.3 is 19.6 Å². The number of aromatic nitrogens is 1. The number of carbonyl (C=O) groups is 3. The molecule has 2 fully saturated rings. The van der Waals surface area contributed by atoms with Crippen molar-refractivity contribution in [3.05, 3.63) is 30.1 Å². The number of ether oxygens (including phenoxy) is 1. The fourth-order valence-corrected chi connectivity index (χ4v) is 3.86. The lowest BCUT2D eigenvalue weighted by atomic mass is 9.78. The highest BCUT2D eigenvalue weighted by atomic mass is 19.4. The van der Waals surface area contributed by atoms with Crippen molar-refractivity contribution in [2.45, 2.75) is 33.0 Å². The predicted octanol–water partition coefficient (Wildman–Crippen LogP) is 1.95. The summed E-state index contributed by atoms with van der Waals surface area (Å²) in [6.45, 7) is 7.07. The van der Waals surface area contributed by atoms with Crippen LogP contribution in [0.2, 0.25) is 0 Å². The highest BCUT2D eigenvalue weighted by Gasteiger charge is 2.55. The van der Waals surface area contributed by atoms with Crippen LogP contribution in [0.5, 0.6) is 0 Å². The summed E-state index contributed by atoms with van der Waals surface area (Å²) in [7, 11) is 0. The smallest absolute Gasteiger partial charge is 0.475 e. The van der Waals surface area contributed by atoms with E-state index in [9.17, 15) is 22.8 Å². The highest BCUT2D eigenvalue weighted by Crippen LogP contribution is 2.45. The Morgan fingerprint density at radius 2 is 2.06 bits per heavy atom. The van der Waals surface area contributed by atoms with Gasteiger partial charge in [-0.15, -0.1) is 0 Å². The number of hydrogen-bond acceptors (Lipinski definition) is 5. The van der Waals surface area contributed by atoms with Gasteiger partial charge in [-0.3, -0.25) is 14.6 Å². The zero-order valence-corrected chi connectivity index (χ0v) is 17.4. The van der Waals surface area contributed by atoms with Crippen LogP contribution in [-0.2, 0) is 25.7 Å². The van der Waals surface area contributed by atoms with Gasteiger partial charge in [-0.1, -0.05) is 13.0 Å². The fourth-order valence-electron chi connectivity index (χ4n) is 3.86. The third-order valence-electron chi connectivity index (χ3n) is 5.57. The van der Waals surface area contributed by atoms with Gasteiger partial charge >= 0.3 is 12.1 Å².